The third-order valence-electron chi connectivity index (χ3n) is 1.78. The fourth-order valence-electron chi connectivity index (χ4n) is 1.04. The maximum Gasteiger partial charge on any atom is 0.123 e. The lowest BCUT2D eigenvalue weighted by Gasteiger charge is -2.11. The van der Waals surface area contributed by atoms with Crippen molar-refractivity contribution in [3.8, 4) is 0 Å². The molecule has 1 aromatic heterocycles. The minimum atomic E-state index is 0.0950. The lowest BCUT2D eigenvalue weighted by molar-refractivity contribution is -0.000210. The van der Waals surface area contributed by atoms with Gasteiger partial charge in [-0.15, -0.1) is 0 Å². The molecule has 0 spiro atoms. The van der Waals surface area contributed by atoms with E-state index >= 15 is 0 Å². The van der Waals surface area contributed by atoms with Gasteiger partial charge in [-0.25, -0.2) is 4.98 Å². The molecule has 0 saturated carbocycles. The maximum absolute atomic E-state index is 5.50. The molecule has 0 aliphatic carbocycles. The first-order valence-electron chi connectivity index (χ1n) is 4.53. The van der Waals surface area contributed by atoms with Crippen molar-refractivity contribution < 1.29 is 9.47 Å². The minimum absolute atomic E-state index is 0.0950. The van der Waals surface area contributed by atoms with Crippen LogP contribution in [0.4, 0.5) is 5.82 Å². The predicted molar refractivity (Wildman–Crippen MR) is 54.8 cm³/mol. The molecule has 4 heteroatoms. The Bertz CT molecular complexity index is 261. The summed E-state index contributed by atoms with van der Waals surface area (Å²) in [5, 5.41) is 0. The molecule has 0 aliphatic rings. The van der Waals surface area contributed by atoms with Crippen molar-refractivity contribution in [3.63, 3.8) is 0 Å². The molecule has 0 aliphatic heterocycles. The van der Waals surface area contributed by atoms with Crippen LogP contribution in [0.3, 0.4) is 0 Å². The third kappa shape index (κ3) is 3.72. The van der Waals surface area contributed by atoms with Crippen LogP contribution in [-0.4, -0.2) is 24.8 Å². The Morgan fingerprint density at radius 3 is 2.86 bits per heavy atom. The molecule has 14 heavy (non-hydrogen) atoms. The molecular formula is C10H16N2O2. The molecule has 1 heterocycles. The number of aromatic nitrogens is 1. The van der Waals surface area contributed by atoms with Gasteiger partial charge in [0, 0.05) is 13.3 Å². The fourth-order valence-corrected chi connectivity index (χ4v) is 1.04. The second-order valence-electron chi connectivity index (χ2n) is 3.17. The Morgan fingerprint density at radius 1 is 1.50 bits per heavy atom. The molecule has 78 valence electrons. The Morgan fingerprint density at radius 2 is 2.29 bits per heavy atom. The van der Waals surface area contributed by atoms with E-state index < -0.39 is 0 Å². The van der Waals surface area contributed by atoms with Crippen LogP contribution in [0.25, 0.3) is 0 Å². The van der Waals surface area contributed by atoms with Gasteiger partial charge in [0.1, 0.15) is 5.82 Å². The second kappa shape index (κ2) is 5.57. The average Bonchev–Trinajstić information content (AvgIpc) is 2.17. The van der Waals surface area contributed by atoms with E-state index in [1.807, 2.05) is 13.0 Å². The van der Waals surface area contributed by atoms with Gasteiger partial charge in [0.15, 0.2) is 0 Å². The number of hydrogen-bond acceptors (Lipinski definition) is 4. The van der Waals surface area contributed by atoms with Crippen molar-refractivity contribution in [2.45, 2.75) is 19.6 Å². The van der Waals surface area contributed by atoms with Crippen molar-refractivity contribution in [1.29, 1.82) is 0 Å². The van der Waals surface area contributed by atoms with E-state index in [0.717, 1.165) is 5.56 Å². The van der Waals surface area contributed by atoms with Crippen molar-refractivity contribution in [2.75, 3.05) is 19.5 Å². The maximum atomic E-state index is 5.50. The largest absolute Gasteiger partial charge is 0.384 e. The van der Waals surface area contributed by atoms with Gasteiger partial charge < -0.3 is 15.2 Å². The van der Waals surface area contributed by atoms with E-state index in [0.29, 0.717) is 19.0 Å². The zero-order valence-corrected chi connectivity index (χ0v) is 8.56. The van der Waals surface area contributed by atoms with Gasteiger partial charge >= 0.3 is 0 Å². The summed E-state index contributed by atoms with van der Waals surface area (Å²) in [6.45, 7) is 3.11. The summed E-state index contributed by atoms with van der Waals surface area (Å²) in [4.78, 5) is 3.97. The van der Waals surface area contributed by atoms with Gasteiger partial charge in [-0.1, -0.05) is 6.07 Å². The van der Waals surface area contributed by atoms with Crippen molar-refractivity contribution in [3.05, 3.63) is 23.9 Å². The quantitative estimate of drug-likeness (QED) is 0.769. The molecule has 1 rings (SSSR count). The number of rotatable bonds is 5. The first-order valence-corrected chi connectivity index (χ1v) is 4.53. The second-order valence-corrected chi connectivity index (χ2v) is 3.17. The molecule has 1 atom stereocenters. The van der Waals surface area contributed by atoms with Crippen LogP contribution in [0.15, 0.2) is 18.3 Å². The lowest BCUT2D eigenvalue weighted by Crippen LogP contribution is -2.14. The van der Waals surface area contributed by atoms with Crippen molar-refractivity contribution >= 4 is 5.82 Å². The minimum Gasteiger partial charge on any atom is -0.384 e. The van der Waals surface area contributed by atoms with Gasteiger partial charge in [-0.2, -0.15) is 0 Å². The highest BCUT2D eigenvalue weighted by Crippen LogP contribution is 2.04. The molecule has 0 amide bonds. The van der Waals surface area contributed by atoms with Crippen LogP contribution in [0.2, 0.25) is 0 Å². The third-order valence-corrected chi connectivity index (χ3v) is 1.78. The molecule has 1 unspecified atom stereocenters. The highest BCUT2D eigenvalue weighted by Gasteiger charge is 2.01. The zero-order valence-electron chi connectivity index (χ0n) is 8.56. The molecule has 0 bridgehead atoms. The summed E-state index contributed by atoms with van der Waals surface area (Å²) >= 11 is 0. The van der Waals surface area contributed by atoms with Crippen LogP contribution in [-0.2, 0) is 16.1 Å². The summed E-state index contributed by atoms with van der Waals surface area (Å²) in [6.07, 6.45) is 1.81. The number of nitrogen functional groups attached to an aromatic ring is 1. The van der Waals surface area contributed by atoms with Gasteiger partial charge in [0.05, 0.1) is 19.3 Å². The molecule has 4 nitrogen and oxygen atoms in total. The lowest BCUT2D eigenvalue weighted by atomic mass is 10.3. The summed E-state index contributed by atoms with van der Waals surface area (Å²) in [5.74, 6) is 0.527. The summed E-state index contributed by atoms with van der Waals surface area (Å²) in [5.41, 5.74) is 6.47. The highest BCUT2D eigenvalue weighted by atomic mass is 16.5. The van der Waals surface area contributed by atoms with Crippen molar-refractivity contribution in [1.82, 2.24) is 4.98 Å². The Labute approximate surface area is 84.0 Å². The molecule has 0 radical (unpaired) electrons. The van der Waals surface area contributed by atoms with E-state index in [9.17, 15) is 0 Å². The van der Waals surface area contributed by atoms with E-state index in [1.54, 1.807) is 19.4 Å². The number of nitrogens with two attached hydrogens (primary N) is 1. The standard InChI is InChI=1S/C10H16N2O2/c1-8(6-13-2)14-7-9-3-4-10(11)12-5-9/h3-5,8H,6-7H2,1-2H3,(H2,11,12). The van der Waals surface area contributed by atoms with Crippen LogP contribution < -0.4 is 5.73 Å². The SMILES string of the molecule is COCC(C)OCc1ccc(N)nc1. The average molecular weight is 196 g/mol. The number of anilines is 1. The first kappa shape index (κ1) is 10.9. The van der Waals surface area contributed by atoms with Crippen LogP contribution in [0.1, 0.15) is 12.5 Å². The smallest absolute Gasteiger partial charge is 0.123 e. The number of ether oxygens (including phenoxy) is 2. The molecule has 0 saturated heterocycles. The molecular weight excluding hydrogens is 180 g/mol. The van der Waals surface area contributed by atoms with Crippen molar-refractivity contribution in [2.24, 2.45) is 0 Å². The first-order chi connectivity index (χ1) is 6.72. The summed E-state index contributed by atoms with van der Waals surface area (Å²) < 4.78 is 10.5. The summed E-state index contributed by atoms with van der Waals surface area (Å²) in [6, 6.07) is 3.67. The molecule has 1 aromatic rings. The molecule has 0 aromatic carbocycles. The van der Waals surface area contributed by atoms with E-state index in [-0.39, 0.29) is 6.10 Å². The van der Waals surface area contributed by atoms with E-state index in [2.05, 4.69) is 4.98 Å². The highest BCUT2D eigenvalue weighted by molar-refractivity contribution is 5.28. The van der Waals surface area contributed by atoms with E-state index in [1.165, 1.54) is 0 Å². The predicted octanol–water partition coefficient (Wildman–Crippen LogP) is 1.22. The van der Waals surface area contributed by atoms with E-state index in [4.69, 9.17) is 15.2 Å². The fraction of sp³-hybridized carbons (Fsp3) is 0.500. The molecule has 0 fully saturated rings. The van der Waals surface area contributed by atoms with Gasteiger partial charge in [0.25, 0.3) is 0 Å². The normalized spacial score (nSPS) is 12.7. The molecule has 2 N–H and O–H groups in total. The zero-order chi connectivity index (χ0) is 10.4. The number of nitrogens with zero attached hydrogens (tertiary/aromatic N) is 1. The monoisotopic (exact) mass is 196 g/mol. The van der Waals surface area contributed by atoms with Crippen LogP contribution in [0, 0.1) is 0 Å². The topological polar surface area (TPSA) is 57.4 Å². The Balaban J connectivity index is 2.34. The summed E-state index contributed by atoms with van der Waals surface area (Å²) in [7, 11) is 1.66. The van der Waals surface area contributed by atoms with Gasteiger partial charge in [-0.3, -0.25) is 0 Å². The van der Waals surface area contributed by atoms with Crippen LogP contribution in [0.5, 0.6) is 0 Å². The Hall–Kier alpha value is -1.13. The number of methoxy groups -OCH3 is 1. The van der Waals surface area contributed by atoms with Crippen LogP contribution >= 0.6 is 0 Å². The number of pyridine rings is 1. The number of hydrogen-bond donors (Lipinski definition) is 1. The van der Waals surface area contributed by atoms with Gasteiger partial charge in [-0.05, 0) is 18.6 Å². The van der Waals surface area contributed by atoms with Gasteiger partial charge in [0.2, 0.25) is 0 Å². The Kier molecular flexibility index (Phi) is 4.35.